The Morgan fingerprint density at radius 2 is 2.28 bits per heavy atom. The summed E-state index contributed by atoms with van der Waals surface area (Å²) >= 11 is 0. The summed E-state index contributed by atoms with van der Waals surface area (Å²) in [6.07, 6.45) is 3.26. The van der Waals surface area contributed by atoms with Gasteiger partial charge in [-0.1, -0.05) is 0 Å². The van der Waals surface area contributed by atoms with Crippen LogP contribution in [0.5, 0.6) is 0 Å². The van der Waals surface area contributed by atoms with Gasteiger partial charge >= 0.3 is 0 Å². The molecule has 2 aliphatic heterocycles. The van der Waals surface area contributed by atoms with Crippen molar-refractivity contribution in [2.45, 2.75) is 25.4 Å². The molecule has 0 radical (unpaired) electrons. The van der Waals surface area contributed by atoms with Crippen LogP contribution in [0.3, 0.4) is 0 Å². The van der Waals surface area contributed by atoms with Gasteiger partial charge in [0, 0.05) is 39.3 Å². The molecule has 1 amide bonds. The van der Waals surface area contributed by atoms with E-state index in [0.717, 1.165) is 39.0 Å². The monoisotopic (exact) mass is 257 g/mol. The fourth-order valence-corrected chi connectivity index (χ4v) is 3.22. The van der Waals surface area contributed by atoms with Crippen LogP contribution in [0.2, 0.25) is 0 Å². The maximum absolute atomic E-state index is 11.9. The van der Waals surface area contributed by atoms with Crippen LogP contribution < -0.4 is 0 Å². The fraction of sp³-hybridized carbons (Fsp3) is 0.923. The molecule has 0 N–H and O–H groups in total. The van der Waals surface area contributed by atoms with E-state index >= 15 is 0 Å². The van der Waals surface area contributed by atoms with E-state index in [1.54, 1.807) is 14.2 Å². The number of piperidine rings is 1. The van der Waals surface area contributed by atoms with Crippen LogP contribution in [0, 0.1) is 5.41 Å². The summed E-state index contributed by atoms with van der Waals surface area (Å²) in [6.45, 7) is 3.15. The predicted octanol–water partition coefficient (Wildman–Crippen LogP) is 0.677. The summed E-state index contributed by atoms with van der Waals surface area (Å²) in [7, 11) is 3.27. The molecule has 5 heteroatoms. The summed E-state index contributed by atoms with van der Waals surface area (Å²) in [5, 5.41) is 0. The predicted molar refractivity (Wildman–Crippen MR) is 66.4 cm³/mol. The Labute approximate surface area is 108 Å². The highest BCUT2D eigenvalue weighted by molar-refractivity contribution is 5.77. The number of hydrogen-bond donors (Lipinski definition) is 0. The first-order chi connectivity index (χ1) is 8.72. The number of ether oxygens (including phenoxy) is 3. The summed E-state index contributed by atoms with van der Waals surface area (Å²) in [5.74, 6) is 0.0667. The molecule has 0 unspecified atom stereocenters. The van der Waals surface area contributed by atoms with Gasteiger partial charge in [0.1, 0.15) is 6.61 Å². The van der Waals surface area contributed by atoms with Crippen LogP contribution in [-0.2, 0) is 19.0 Å². The molecule has 0 aromatic heterocycles. The molecule has 0 aromatic rings. The molecule has 2 saturated heterocycles. The van der Waals surface area contributed by atoms with Gasteiger partial charge in [-0.15, -0.1) is 0 Å². The molecule has 2 aliphatic rings. The average Bonchev–Trinajstić information content (AvgIpc) is 2.38. The van der Waals surface area contributed by atoms with E-state index in [-0.39, 0.29) is 24.0 Å². The van der Waals surface area contributed by atoms with E-state index in [9.17, 15) is 4.79 Å². The van der Waals surface area contributed by atoms with Crippen molar-refractivity contribution in [3.05, 3.63) is 0 Å². The normalized spacial score (nSPS) is 32.1. The van der Waals surface area contributed by atoms with Crippen molar-refractivity contribution >= 4 is 5.91 Å². The average molecular weight is 257 g/mol. The molecule has 0 spiro atoms. The van der Waals surface area contributed by atoms with Gasteiger partial charge < -0.3 is 19.1 Å². The highest BCUT2D eigenvalue weighted by Crippen LogP contribution is 2.40. The molecular formula is C13H23NO4. The maximum atomic E-state index is 11.9. The molecule has 2 fully saturated rings. The number of nitrogens with zero attached hydrogens (tertiary/aromatic N) is 1. The van der Waals surface area contributed by atoms with E-state index in [0.29, 0.717) is 6.61 Å². The highest BCUT2D eigenvalue weighted by atomic mass is 16.5. The van der Waals surface area contributed by atoms with Crippen molar-refractivity contribution in [1.29, 1.82) is 0 Å². The van der Waals surface area contributed by atoms with Gasteiger partial charge in [0.05, 0.1) is 12.7 Å². The van der Waals surface area contributed by atoms with E-state index in [2.05, 4.69) is 0 Å². The van der Waals surface area contributed by atoms with Crippen molar-refractivity contribution in [3.63, 3.8) is 0 Å². The van der Waals surface area contributed by atoms with Gasteiger partial charge in [-0.05, 0) is 19.3 Å². The second kappa shape index (κ2) is 5.99. The number of rotatable bonds is 4. The Kier molecular flexibility index (Phi) is 4.59. The lowest BCUT2D eigenvalue weighted by Gasteiger charge is -2.50. The van der Waals surface area contributed by atoms with Crippen LogP contribution in [0.25, 0.3) is 0 Å². The SMILES string of the molecule is COCC(=O)N1CC[C@H]2OCCC[C@@]2(COC)C1. The smallest absolute Gasteiger partial charge is 0.248 e. The van der Waals surface area contributed by atoms with E-state index in [4.69, 9.17) is 14.2 Å². The molecule has 0 bridgehead atoms. The van der Waals surface area contributed by atoms with E-state index < -0.39 is 0 Å². The van der Waals surface area contributed by atoms with Crippen molar-refractivity contribution in [3.8, 4) is 0 Å². The van der Waals surface area contributed by atoms with Crippen molar-refractivity contribution in [2.24, 2.45) is 5.41 Å². The summed E-state index contributed by atoms with van der Waals surface area (Å²) in [6, 6.07) is 0. The van der Waals surface area contributed by atoms with Gasteiger partial charge in [-0.25, -0.2) is 0 Å². The molecule has 0 aliphatic carbocycles. The maximum Gasteiger partial charge on any atom is 0.248 e. The zero-order valence-corrected chi connectivity index (χ0v) is 11.3. The second-order valence-corrected chi connectivity index (χ2v) is 5.30. The number of fused-ring (bicyclic) bond motifs is 1. The topological polar surface area (TPSA) is 48.0 Å². The zero-order chi connectivity index (χ0) is 13.0. The van der Waals surface area contributed by atoms with Gasteiger partial charge in [-0.2, -0.15) is 0 Å². The van der Waals surface area contributed by atoms with Crippen LogP contribution in [-0.4, -0.2) is 64.0 Å². The summed E-state index contributed by atoms with van der Waals surface area (Å²) in [4.78, 5) is 13.8. The Balaban J connectivity index is 2.06. The third-order valence-electron chi connectivity index (χ3n) is 4.04. The number of likely N-dealkylation sites (tertiary alicyclic amines) is 1. The molecule has 18 heavy (non-hydrogen) atoms. The van der Waals surface area contributed by atoms with Crippen molar-refractivity contribution in [1.82, 2.24) is 4.90 Å². The van der Waals surface area contributed by atoms with Crippen LogP contribution in [0.1, 0.15) is 19.3 Å². The minimum absolute atomic E-state index is 0.0192. The Hall–Kier alpha value is -0.650. The summed E-state index contributed by atoms with van der Waals surface area (Å²) in [5.41, 5.74) is -0.0192. The molecule has 5 nitrogen and oxygen atoms in total. The quantitative estimate of drug-likeness (QED) is 0.743. The number of amides is 1. The third kappa shape index (κ3) is 2.68. The van der Waals surface area contributed by atoms with Gasteiger partial charge in [0.15, 0.2) is 0 Å². The second-order valence-electron chi connectivity index (χ2n) is 5.30. The molecular weight excluding hydrogens is 234 g/mol. The van der Waals surface area contributed by atoms with Gasteiger partial charge in [0.2, 0.25) is 5.91 Å². The van der Waals surface area contributed by atoms with Gasteiger partial charge in [-0.3, -0.25) is 4.79 Å². The van der Waals surface area contributed by atoms with Crippen LogP contribution in [0.4, 0.5) is 0 Å². The van der Waals surface area contributed by atoms with E-state index in [1.165, 1.54) is 0 Å². The molecule has 104 valence electrons. The third-order valence-corrected chi connectivity index (χ3v) is 4.04. The van der Waals surface area contributed by atoms with Gasteiger partial charge in [0.25, 0.3) is 0 Å². The fourth-order valence-electron chi connectivity index (χ4n) is 3.22. The van der Waals surface area contributed by atoms with Crippen LogP contribution >= 0.6 is 0 Å². The minimum atomic E-state index is -0.0192. The minimum Gasteiger partial charge on any atom is -0.384 e. The first-order valence-electron chi connectivity index (χ1n) is 6.59. The number of methoxy groups -OCH3 is 2. The lowest BCUT2D eigenvalue weighted by molar-refractivity contribution is -0.164. The lowest BCUT2D eigenvalue weighted by atomic mass is 9.73. The molecule has 2 atom stereocenters. The summed E-state index contributed by atoms with van der Waals surface area (Å²) < 4.78 is 16.2. The van der Waals surface area contributed by atoms with Crippen molar-refractivity contribution in [2.75, 3.05) is 47.1 Å². The first kappa shape index (κ1) is 13.8. The molecule has 2 heterocycles. The molecule has 2 rings (SSSR count). The Bertz CT molecular complexity index is 293. The highest BCUT2D eigenvalue weighted by Gasteiger charge is 2.46. The van der Waals surface area contributed by atoms with Crippen LogP contribution in [0.15, 0.2) is 0 Å². The van der Waals surface area contributed by atoms with Crippen molar-refractivity contribution < 1.29 is 19.0 Å². The van der Waals surface area contributed by atoms with E-state index in [1.807, 2.05) is 4.90 Å². The standard InChI is InChI=1S/C13H23NO4/c1-16-8-12(15)14-6-4-11-13(9-14,10-17-2)5-3-7-18-11/h11H,3-10H2,1-2H3/t11-,13+/m1/s1. The number of hydrogen-bond acceptors (Lipinski definition) is 4. The largest absolute Gasteiger partial charge is 0.384 e. The number of carbonyl (C=O) groups excluding carboxylic acids is 1. The molecule has 0 saturated carbocycles. The first-order valence-corrected chi connectivity index (χ1v) is 6.59. The zero-order valence-electron chi connectivity index (χ0n) is 11.3. The number of carbonyl (C=O) groups is 1. The molecule has 0 aromatic carbocycles. The Morgan fingerprint density at radius 1 is 1.44 bits per heavy atom. The Morgan fingerprint density at radius 3 is 3.00 bits per heavy atom. The lowest BCUT2D eigenvalue weighted by Crippen LogP contribution is -2.58.